The summed E-state index contributed by atoms with van der Waals surface area (Å²) < 4.78 is 27.9. The molecule has 0 saturated heterocycles. The molecule has 0 saturated carbocycles. The molecule has 8 nitrogen and oxygen atoms in total. The highest BCUT2D eigenvalue weighted by atomic mass is 32.1. The molecule has 0 fully saturated rings. The van der Waals surface area contributed by atoms with E-state index in [-0.39, 0.29) is 61.0 Å². The number of benzene rings is 2. The number of carbonyl (C=O) groups is 4. The lowest BCUT2D eigenvalue weighted by Gasteiger charge is -2.25. The van der Waals surface area contributed by atoms with Gasteiger partial charge >= 0.3 is 0 Å². The van der Waals surface area contributed by atoms with Gasteiger partial charge in [-0.25, -0.2) is 8.78 Å². The van der Waals surface area contributed by atoms with Crippen LogP contribution >= 0.6 is 11.3 Å². The fourth-order valence-corrected chi connectivity index (χ4v) is 5.72. The molecular formula is C34H41F2N3O5S. The van der Waals surface area contributed by atoms with Crippen molar-refractivity contribution in [2.24, 2.45) is 0 Å². The Morgan fingerprint density at radius 2 is 1.60 bits per heavy atom. The lowest BCUT2D eigenvalue weighted by Crippen LogP contribution is -2.46. The zero-order valence-electron chi connectivity index (χ0n) is 25.9. The van der Waals surface area contributed by atoms with Crippen LogP contribution in [0.25, 0.3) is 0 Å². The van der Waals surface area contributed by atoms with Crippen LogP contribution in [0.2, 0.25) is 0 Å². The van der Waals surface area contributed by atoms with E-state index < -0.39 is 29.7 Å². The van der Waals surface area contributed by atoms with Crippen molar-refractivity contribution in [3.63, 3.8) is 0 Å². The molecule has 2 atom stereocenters. The largest absolute Gasteiger partial charge is 0.391 e. The van der Waals surface area contributed by atoms with Crippen LogP contribution in [0.4, 0.5) is 8.78 Å². The molecule has 0 aliphatic carbocycles. The van der Waals surface area contributed by atoms with Crippen LogP contribution in [0.15, 0.2) is 53.9 Å². The van der Waals surface area contributed by atoms with Crippen molar-refractivity contribution in [1.82, 2.24) is 15.5 Å². The number of thiophene rings is 1. The number of carbonyl (C=O) groups excluding carboxylic acids is 4. The maximum atomic E-state index is 14.0. The molecule has 1 heterocycles. The molecule has 3 rings (SSSR count). The molecule has 0 bridgehead atoms. The summed E-state index contributed by atoms with van der Waals surface area (Å²) in [6, 6.07) is 10.3. The predicted octanol–water partition coefficient (Wildman–Crippen LogP) is 5.47. The maximum Gasteiger partial charge on any atom is 0.253 e. The van der Waals surface area contributed by atoms with Crippen LogP contribution in [0.5, 0.6) is 0 Å². The summed E-state index contributed by atoms with van der Waals surface area (Å²) in [5, 5.41) is 18.3. The number of halogens is 2. The number of ketones is 1. The first-order valence-electron chi connectivity index (χ1n) is 15.2. The minimum Gasteiger partial charge on any atom is -0.391 e. The van der Waals surface area contributed by atoms with Gasteiger partial charge in [-0.05, 0) is 85.5 Å². The third-order valence-electron chi connectivity index (χ3n) is 7.16. The van der Waals surface area contributed by atoms with Gasteiger partial charge in [0.05, 0.1) is 17.0 Å². The number of hydrogen-bond donors (Lipinski definition) is 3. The molecule has 0 radical (unpaired) electrons. The van der Waals surface area contributed by atoms with Crippen molar-refractivity contribution in [3.05, 3.63) is 92.7 Å². The zero-order valence-corrected chi connectivity index (χ0v) is 26.7. The van der Waals surface area contributed by atoms with Crippen molar-refractivity contribution in [3.8, 4) is 0 Å². The van der Waals surface area contributed by atoms with Gasteiger partial charge in [-0.15, -0.1) is 11.3 Å². The normalized spacial score (nSPS) is 12.3. The Morgan fingerprint density at radius 3 is 2.22 bits per heavy atom. The highest BCUT2D eigenvalue weighted by Gasteiger charge is 2.25. The first-order chi connectivity index (χ1) is 21.5. The first kappa shape index (κ1) is 35.5. The fourth-order valence-electron chi connectivity index (χ4n) is 5.03. The van der Waals surface area contributed by atoms with Gasteiger partial charge in [0.25, 0.3) is 11.8 Å². The van der Waals surface area contributed by atoms with Gasteiger partial charge in [0, 0.05) is 49.7 Å². The van der Waals surface area contributed by atoms with Crippen molar-refractivity contribution >= 4 is 34.8 Å². The maximum absolute atomic E-state index is 14.0. The third kappa shape index (κ3) is 11.2. The minimum atomic E-state index is -1.20. The second kappa shape index (κ2) is 17.5. The average molecular weight is 642 g/mol. The van der Waals surface area contributed by atoms with Crippen LogP contribution in [0.1, 0.15) is 87.5 Å². The van der Waals surface area contributed by atoms with Crippen LogP contribution in [0.3, 0.4) is 0 Å². The van der Waals surface area contributed by atoms with Crippen LogP contribution in [-0.4, -0.2) is 65.3 Å². The Balaban J connectivity index is 1.71. The predicted molar refractivity (Wildman–Crippen MR) is 170 cm³/mol. The van der Waals surface area contributed by atoms with Gasteiger partial charge in [0.1, 0.15) is 11.6 Å². The van der Waals surface area contributed by atoms with Crippen LogP contribution < -0.4 is 10.6 Å². The number of aliphatic hydroxyl groups excluding tert-OH is 1. The van der Waals surface area contributed by atoms with Crippen molar-refractivity contribution in [2.75, 3.05) is 19.6 Å². The molecule has 45 heavy (non-hydrogen) atoms. The molecule has 0 aliphatic rings. The highest BCUT2D eigenvalue weighted by Crippen LogP contribution is 2.17. The Hall–Kier alpha value is -3.96. The Bertz CT molecular complexity index is 1440. The fraction of sp³-hybridized carbons (Fsp3) is 0.412. The molecule has 2 aromatic carbocycles. The van der Waals surface area contributed by atoms with Gasteiger partial charge in [-0.3, -0.25) is 19.2 Å². The van der Waals surface area contributed by atoms with E-state index in [4.69, 9.17) is 0 Å². The van der Waals surface area contributed by atoms with E-state index >= 15 is 0 Å². The summed E-state index contributed by atoms with van der Waals surface area (Å²) in [4.78, 5) is 53.5. The van der Waals surface area contributed by atoms with E-state index in [9.17, 15) is 33.1 Å². The lowest BCUT2D eigenvalue weighted by atomic mass is 9.97. The van der Waals surface area contributed by atoms with Crippen molar-refractivity contribution < 1.29 is 33.1 Å². The van der Waals surface area contributed by atoms with E-state index in [0.717, 1.165) is 31.0 Å². The van der Waals surface area contributed by atoms with Gasteiger partial charge in [-0.1, -0.05) is 19.9 Å². The summed E-state index contributed by atoms with van der Waals surface area (Å²) >= 11 is 1.31. The van der Waals surface area contributed by atoms with Gasteiger partial charge in [0.15, 0.2) is 5.78 Å². The topological polar surface area (TPSA) is 116 Å². The molecule has 242 valence electrons. The van der Waals surface area contributed by atoms with Crippen LogP contribution in [-0.2, 0) is 11.2 Å². The number of amides is 3. The number of aliphatic hydroxyl groups is 1. The summed E-state index contributed by atoms with van der Waals surface area (Å²) in [6.07, 6.45) is 0.338. The number of nitrogens with one attached hydrogen (secondary N) is 2. The second-order valence-electron chi connectivity index (χ2n) is 11.0. The molecular weight excluding hydrogens is 600 g/mol. The lowest BCUT2D eigenvalue weighted by molar-refractivity contribution is -0.121. The second-order valence-corrected chi connectivity index (χ2v) is 12.0. The molecule has 0 spiro atoms. The molecule has 3 aromatic rings. The monoisotopic (exact) mass is 641 g/mol. The highest BCUT2D eigenvalue weighted by molar-refractivity contribution is 7.12. The summed E-state index contributed by atoms with van der Waals surface area (Å²) in [5.41, 5.74) is 1.50. The van der Waals surface area contributed by atoms with Crippen molar-refractivity contribution in [1.29, 1.82) is 0 Å². The SMILES string of the molecule is CCCN(CCC)C(=O)c1cc(C)cc(C(=O)N[C@@H](Cc2cc(F)cc(F)c2)[C@H](O)CCNC(=O)CCC(=O)c2cccs2)c1. The number of nitrogens with zero attached hydrogens (tertiary/aromatic N) is 1. The number of aryl methyl sites for hydroxylation is 1. The first-order valence-corrected chi connectivity index (χ1v) is 16.1. The van der Waals surface area contributed by atoms with E-state index in [1.165, 1.54) is 17.4 Å². The Labute approximate surface area is 266 Å². The number of rotatable bonds is 17. The Kier molecular flexibility index (Phi) is 13.8. The van der Waals surface area contributed by atoms with Gasteiger partial charge < -0.3 is 20.6 Å². The summed E-state index contributed by atoms with van der Waals surface area (Å²) in [6.45, 7) is 6.96. The van der Waals surface area contributed by atoms with Gasteiger partial charge in [-0.2, -0.15) is 0 Å². The van der Waals surface area contributed by atoms with E-state index in [1.807, 2.05) is 13.8 Å². The van der Waals surface area contributed by atoms with Crippen LogP contribution in [0, 0.1) is 18.6 Å². The van der Waals surface area contributed by atoms with Gasteiger partial charge in [0.2, 0.25) is 5.91 Å². The quantitative estimate of drug-likeness (QED) is 0.169. The van der Waals surface area contributed by atoms with E-state index in [2.05, 4.69) is 10.6 Å². The molecule has 0 aliphatic heterocycles. The molecule has 0 unspecified atom stereocenters. The minimum absolute atomic E-state index is 0.0160. The summed E-state index contributed by atoms with van der Waals surface area (Å²) in [7, 11) is 0. The van der Waals surface area contributed by atoms with Crippen molar-refractivity contribution in [2.45, 2.75) is 71.4 Å². The number of Topliss-reactive ketones (excluding diaryl/α,β-unsaturated/α-hetero) is 1. The number of hydrogen-bond acceptors (Lipinski definition) is 6. The molecule has 11 heteroatoms. The summed E-state index contributed by atoms with van der Waals surface area (Å²) in [5.74, 6) is -2.83. The molecule has 3 amide bonds. The molecule has 1 aromatic heterocycles. The standard InChI is InChI=1S/C34H41F2N3O5S/c1-4-12-39(13-5-2)34(44)25-16-22(3)15-24(20-25)33(43)38-28(19-23-17-26(35)21-27(36)18-23)29(40)10-11-37-32(42)9-8-30(41)31-7-6-14-45-31/h6-7,14-18,20-21,28-29,40H,4-5,8-13,19H2,1-3H3,(H,37,42)(H,38,43)/t28-,29+/m0/s1. The third-order valence-corrected chi connectivity index (χ3v) is 8.07. The zero-order chi connectivity index (χ0) is 32.9. The smallest absolute Gasteiger partial charge is 0.253 e. The van der Waals surface area contributed by atoms with E-state index in [1.54, 1.807) is 41.5 Å². The van der Waals surface area contributed by atoms with E-state index in [0.29, 0.717) is 29.1 Å². The Morgan fingerprint density at radius 1 is 0.933 bits per heavy atom. The molecule has 3 N–H and O–H groups in total. The average Bonchev–Trinajstić information content (AvgIpc) is 3.53.